The minimum atomic E-state index is -0.427. The molecule has 2 amide bonds. The average molecular weight is 400 g/mol. The zero-order chi connectivity index (χ0) is 21.3. The first-order valence-electron chi connectivity index (χ1n) is 9.79. The molecule has 0 fully saturated rings. The molecule has 0 aromatic heterocycles. The Balaban J connectivity index is 1.90. The Kier molecular flexibility index (Phi) is 5.19. The molecule has 4 rings (SSSR count). The molecule has 150 valence electrons. The normalized spacial score (nSPS) is 13.9. The highest BCUT2D eigenvalue weighted by molar-refractivity contribution is 6.46. The van der Waals surface area contributed by atoms with E-state index in [1.54, 1.807) is 0 Å². The molecule has 0 aliphatic carbocycles. The number of hydrogen-bond donors (Lipinski definition) is 0. The number of aryl methyl sites for hydroxylation is 1. The molecule has 0 bridgehead atoms. The molecular formula is C25H21FN2O2. The van der Waals surface area contributed by atoms with E-state index in [1.807, 2.05) is 73.3 Å². The second-order valence-corrected chi connectivity index (χ2v) is 7.09. The van der Waals surface area contributed by atoms with E-state index in [0.717, 1.165) is 16.2 Å². The summed E-state index contributed by atoms with van der Waals surface area (Å²) < 4.78 is 13.4. The van der Waals surface area contributed by atoms with Crippen LogP contribution in [-0.2, 0) is 9.59 Å². The van der Waals surface area contributed by atoms with Gasteiger partial charge in [-0.2, -0.15) is 0 Å². The van der Waals surface area contributed by atoms with Gasteiger partial charge in [0.25, 0.3) is 11.8 Å². The van der Waals surface area contributed by atoms with E-state index >= 15 is 0 Å². The Morgan fingerprint density at radius 1 is 0.833 bits per heavy atom. The Morgan fingerprint density at radius 3 is 2.07 bits per heavy atom. The topological polar surface area (TPSA) is 40.6 Å². The number of carbonyl (C=O) groups excluding carboxylic acids is 2. The summed E-state index contributed by atoms with van der Waals surface area (Å²) >= 11 is 0. The predicted octanol–water partition coefficient (Wildman–Crippen LogP) is 4.95. The lowest BCUT2D eigenvalue weighted by Gasteiger charge is -2.25. The molecule has 1 aliphatic heterocycles. The summed E-state index contributed by atoms with van der Waals surface area (Å²) in [4.78, 5) is 30.0. The number of likely N-dealkylation sites (N-methyl/N-ethyl adjacent to an activating group) is 1. The number of para-hydroxylation sites is 1. The van der Waals surface area contributed by atoms with Crippen molar-refractivity contribution < 1.29 is 14.0 Å². The summed E-state index contributed by atoms with van der Waals surface area (Å²) in [5, 5.41) is 0. The van der Waals surface area contributed by atoms with Crippen molar-refractivity contribution in [3.05, 3.63) is 102 Å². The molecule has 0 N–H and O–H groups in total. The SMILES string of the molecule is CCN(C1=C(c2ccc(C)cc2)C(=O)N(c2ccc(F)cc2)C1=O)c1ccccc1. The highest BCUT2D eigenvalue weighted by atomic mass is 19.1. The molecular weight excluding hydrogens is 379 g/mol. The maximum Gasteiger partial charge on any atom is 0.282 e. The highest BCUT2D eigenvalue weighted by Crippen LogP contribution is 2.36. The molecule has 1 heterocycles. The Morgan fingerprint density at radius 2 is 1.47 bits per heavy atom. The maximum absolute atomic E-state index is 13.5. The smallest absolute Gasteiger partial charge is 0.282 e. The third kappa shape index (κ3) is 3.39. The molecule has 0 saturated carbocycles. The van der Waals surface area contributed by atoms with Gasteiger partial charge in [-0.3, -0.25) is 9.59 Å². The van der Waals surface area contributed by atoms with E-state index in [4.69, 9.17) is 0 Å². The van der Waals surface area contributed by atoms with Gasteiger partial charge in [0.2, 0.25) is 0 Å². The van der Waals surface area contributed by atoms with Gasteiger partial charge in [-0.05, 0) is 55.8 Å². The quantitative estimate of drug-likeness (QED) is 0.569. The number of imide groups is 1. The summed E-state index contributed by atoms with van der Waals surface area (Å²) in [5.41, 5.74) is 3.56. The molecule has 0 radical (unpaired) electrons. The van der Waals surface area contributed by atoms with Gasteiger partial charge in [-0.25, -0.2) is 9.29 Å². The third-order valence-corrected chi connectivity index (χ3v) is 5.14. The summed E-state index contributed by atoms with van der Waals surface area (Å²) in [6, 6.07) is 22.4. The second-order valence-electron chi connectivity index (χ2n) is 7.09. The van der Waals surface area contributed by atoms with Gasteiger partial charge < -0.3 is 4.90 Å². The van der Waals surface area contributed by atoms with Crippen LogP contribution in [0.4, 0.5) is 15.8 Å². The van der Waals surface area contributed by atoms with Crippen LogP contribution in [0.3, 0.4) is 0 Å². The average Bonchev–Trinajstić information content (AvgIpc) is 3.01. The second kappa shape index (κ2) is 7.95. The first kappa shape index (κ1) is 19.6. The predicted molar refractivity (Wildman–Crippen MR) is 116 cm³/mol. The standard InChI is InChI=1S/C25H21FN2O2/c1-3-27(20-7-5-4-6-8-20)23-22(18-11-9-17(2)10-12-18)24(29)28(25(23)30)21-15-13-19(26)14-16-21/h4-16H,3H2,1-2H3. The van der Waals surface area contributed by atoms with Crippen molar-refractivity contribution in [3.8, 4) is 0 Å². The fourth-order valence-corrected chi connectivity index (χ4v) is 3.65. The Hall–Kier alpha value is -3.73. The largest absolute Gasteiger partial charge is 0.337 e. The molecule has 30 heavy (non-hydrogen) atoms. The van der Waals surface area contributed by atoms with Gasteiger partial charge in [0.05, 0.1) is 11.3 Å². The van der Waals surface area contributed by atoms with Gasteiger partial charge in [-0.1, -0.05) is 48.0 Å². The zero-order valence-electron chi connectivity index (χ0n) is 16.8. The van der Waals surface area contributed by atoms with Crippen molar-refractivity contribution in [3.63, 3.8) is 0 Å². The summed E-state index contributed by atoms with van der Waals surface area (Å²) in [7, 11) is 0. The number of anilines is 2. The van der Waals surface area contributed by atoms with Crippen LogP contribution >= 0.6 is 0 Å². The van der Waals surface area contributed by atoms with Crippen molar-refractivity contribution in [2.45, 2.75) is 13.8 Å². The molecule has 0 saturated heterocycles. The number of amides is 2. The Labute approximate surface area is 174 Å². The number of nitrogens with zero attached hydrogens (tertiary/aromatic N) is 2. The van der Waals surface area contributed by atoms with E-state index in [1.165, 1.54) is 24.3 Å². The number of carbonyl (C=O) groups is 2. The zero-order valence-corrected chi connectivity index (χ0v) is 16.8. The fraction of sp³-hybridized carbons (Fsp3) is 0.120. The van der Waals surface area contributed by atoms with E-state index in [-0.39, 0.29) is 0 Å². The minimum absolute atomic E-state index is 0.321. The van der Waals surface area contributed by atoms with Gasteiger partial charge in [0.1, 0.15) is 11.5 Å². The van der Waals surface area contributed by atoms with Gasteiger partial charge in [-0.15, -0.1) is 0 Å². The lowest BCUT2D eigenvalue weighted by Crippen LogP contribution is -2.35. The molecule has 0 spiro atoms. The summed E-state index contributed by atoms with van der Waals surface area (Å²) in [6.45, 7) is 4.41. The molecule has 5 heteroatoms. The van der Waals surface area contributed by atoms with Crippen LogP contribution in [0.1, 0.15) is 18.1 Å². The molecule has 1 aliphatic rings. The molecule has 0 unspecified atom stereocenters. The molecule has 4 nitrogen and oxygen atoms in total. The number of rotatable bonds is 5. The lowest BCUT2D eigenvalue weighted by molar-refractivity contribution is -0.120. The molecule has 3 aromatic carbocycles. The number of benzene rings is 3. The van der Waals surface area contributed by atoms with Crippen molar-refractivity contribution in [2.75, 3.05) is 16.3 Å². The lowest BCUT2D eigenvalue weighted by atomic mass is 10.0. The van der Waals surface area contributed by atoms with Crippen molar-refractivity contribution in [2.24, 2.45) is 0 Å². The minimum Gasteiger partial charge on any atom is -0.337 e. The van der Waals surface area contributed by atoms with Crippen molar-refractivity contribution >= 4 is 28.8 Å². The van der Waals surface area contributed by atoms with Gasteiger partial charge >= 0.3 is 0 Å². The van der Waals surface area contributed by atoms with E-state index in [2.05, 4.69) is 0 Å². The first-order valence-corrected chi connectivity index (χ1v) is 9.79. The van der Waals surface area contributed by atoms with Crippen LogP contribution in [0.2, 0.25) is 0 Å². The van der Waals surface area contributed by atoms with Crippen LogP contribution in [-0.4, -0.2) is 18.4 Å². The van der Waals surface area contributed by atoms with Gasteiger partial charge in [0, 0.05) is 12.2 Å². The van der Waals surface area contributed by atoms with Crippen LogP contribution < -0.4 is 9.80 Å². The fourth-order valence-electron chi connectivity index (χ4n) is 3.65. The number of halogens is 1. The Bertz CT molecular complexity index is 1120. The molecule has 0 atom stereocenters. The maximum atomic E-state index is 13.5. The van der Waals surface area contributed by atoms with Crippen LogP contribution in [0, 0.1) is 12.7 Å². The van der Waals surface area contributed by atoms with Gasteiger partial charge in [0.15, 0.2) is 0 Å². The highest BCUT2D eigenvalue weighted by Gasteiger charge is 2.42. The van der Waals surface area contributed by atoms with E-state index < -0.39 is 17.6 Å². The van der Waals surface area contributed by atoms with Crippen molar-refractivity contribution in [1.29, 1.82) is 0 Å². The van der Waals surface area contributed by atoms with Crippen molar-refractivity contribution in [1.82, 2.24) is 0 Å². The molecule has 3 aromatic rings. The summed E-state index contributed by atoms with van der Waals surface area (Å²) in [5.74, 6) is -1.27. The van der Waals surface area contributed by atoms with Crippen LogP contribution in [0.15, 0.2) is 84.6 Å². The first-order chi connectivity index (χ1) is 14.5. The summed E-state index contributed by atoms with van der Waals surface area (Å²) in [6.07, 6.45) is 0. The monoisotopic (exact) mass is 400 g/mol. The van der Waals surface area contributed by atoms with Crippen LogP contribution in [0.25, 0.3) is 5.57 Å². The van der Waals surface area contributed by atoms with E-state index in [0.29, 0.717) is 29.1 Å². The van der Waals surface area contributed by atoms with E-state index in [9.17, 15) is 14.0 Å². The number of hydrogen-bond acceptors (Lipinski definition) is 3. The third-order valence-electron chi connectivity index (χ3n) is 5.14. The van der Waals surface area contributed by atoms with Crippen LogP contribution in [0.5, 0.6) is 0 Å².